The van der Waals surface area contributed by atoms with Crippen molar-refractivity contribution in [2.24, 2.45) is 0 Å². The van der Waals surface area contributed by atoms with Crippen LogP contribution in [0.4, 0.5) is 0 Å². The number of ketones is 2. The molecule has 4 aromatic rings. The standard InChI is InChI=1S/2C16H14O.Pd/c2*1-13(17)12-16(14-8-4-2-5-9-14)15-10-6-3-7-11-15;/h2*2-12H,1H3;. The van der Waals surface area contributed by atoms with E-state index in [9.17, 15) is 9.59 Å². The molecule has 0 fully saturated rings. The molecule has 2 nitrogen and oxygen atoms in total. The van der Waals surface area contributed by atoms with Crippen molar-refractivity contribution in [3.63, 3.8) is 0 Å². The molecule has 0 bridgehead atoms. The Kier molecular flexibility index (Phi) is 11.5. The van der Waals surface area contributed by atoms with Crippen LogP contribution in [-0.4, -0.2) is 11.6 Å². The number of rotatable bonds is 6. The Hall–Kier alpha value is -3.64. The minimum atomic E-state index is 0. The van der Waals surface area contributed by atoms with Gasteiger partial charge in [-0.25, -0.2) is 0 Å². The van der Waals surface area contributed by atoms with E-state index < -0.39 is 0 Å². The van der Waals surface area contributed by atoms with E-state index in [4.69, 9.17) is 0 Å². The molecule has 0 aliphatic carbocycles. The molecule has 4 rings (SSSR count). The van der Waals surface area contributed by atoms with Gasteiger partial charge in [0.2, 0.25) is 0 Å². The molecule has 35 heavy (non-hydrogen) atoms. The van der Waals surface area contributed by atoms with Gasteiger partial charge in [-0.15, -0.1) is 0 Å². The third-order valence-electron chi connectivity index (χ3n) is 5.03. The van der Waals surface area contributed by atoms with E-state index in [-0.39, 0.29) is 32.0 Å². The Bertz CT molecular complexity index is 1070. The second kappa shape index (κ2) is 14.6. The molecule has 0 aliphatic rings. The zero-order valence-electron chi connectivity index (χ0n) is 19.8. The van der Waals surface area contributed by atoms with Gasteiger partial charge in [0, 0.05) is 20.4 Å². The van der Waals surface area contributed by atoms with E-state index >= 15 is 0 Å². The van der Waals surface area contributed by atoms with E-state index in [0.29, 0.717) is 0 Å². The Morgan fingerprint density at radius 1 is 0.429 bits per heavy atom. The normalized spacial score (nSPS) is 9.43. The van der Waals surface area contributed by atoms with Gasteiger partial charge in [0.15, 0.2) is 11.6 Å². The summed E-state index contributed by atoms with van der Waals surface area (Å²) in [6.07, 6.45) is 3.37. The first-order valence-corrected chi connectivity index (χ1v) is 11.2. The molecule has 178 valence electrons. The fourth-order valence-electron chi connectivity index (χ4n) is 3.54. The van der Waals surface area contributed by atoms with E-state index in [1.54, 1.807) is 26.0 Å². The molecule has 0 heterocycles. The van der Waals surface area contributed by atoms with Crippen molar-refractivity contribution in [2.45, 2.75) is 13.8 Å². The fraction of sp³-hybridized carbons (Fsp3) is 0.0625. The van der Waals surface area contributed by atoms with Crippen LogP contribution in [0.1, 0.15) is 36.1 Å². The van der Waals surface area contributed by atoms with Crippen LogP contribution < -0.4 is 0 Å². The van der Waals surface area contributed by atoms with Gasteiger partial charge >= 0.3 is 0 Å². The van der Waals surface area contributed by atoms with Gasteiger partial charge in [0.25, 0.3) is 0 Å². The number of carbonyl (C=O) groups excluding carboxylic acids is 2. The zero-order valence-corrected chi connectivity index (χ0v) is 21.4. The Labute approximate surface area is 221 Å². The molecule has 0 aliphatic heterocycles. The first kappa shape index (κ1) is 27.6. The topological polar surface area (TPSA) is 34.1 Å². The van der Waals surface area contributed by atoms with Crippen LogP contribution in [0.3, 0.4) is 0 Å². The maximum atomic E-state index is 11.3. The maximum absolute atomic E-state index is 11.3. The zero-order chi connectivity index (χ0) is 24.2. The van der Waals surface area contributed by atoms with Crippen LogP contribution in [0.15, 0.2) is 133 Å². The first-order chi connectivity index (χ1) is 16.5. The Morgan fingerprint density at radius 3 is 0.800 bits per heavy atom. The van der Waals surface area contributed by atoms with Gasteiger partial charge in [0.05, 0.1) is 0 Å². The molecule has 3 heteroatoms. The van der Waals surface area contributed by atoms with E-state index in [1.165, 1.54) is 0 Å². The summed E-state index contributed by atoms with van der Waals surface area (Å²) in [5.74, 6) is 0.125. The average molecular weight is 551 g/mol. The molecule has 0 spiro atoms. The van der Waals surface area contributed by atoms with Gasteiger partial charge in [0.1, 0.15) is 0 Å². The summed E-state index contributed by atoms with van der Waals surface area (Å²) in [5, 5.41) is 0. The molecule has 4 aromatic carbocycles. The van der Waals surface area contributed by atoms with Crippen LogP contribution in [0.5, 0.6) is 0 Å². The number of hydrogen-bond donors (Lipinski definition) is 0. The van der Waals surface area contributed by atoms with E-state index in [1.807, 2.05) is 121 Å². The van der Waals surface area contributed by atoms with Crippen molar-refractivity contribution in [1.82, 2.24) is 0 Å². The van der Waals surface area contributed by atoms with Crippen LogP contribution in [0.25, 0.3) is 11.1 Å². The van der Waals surface area contributed by atoms with Crippen LogP contribution in [0, 0.1) is 0 Å². The number of hydrogen-bond acceptors (Lipinski definition) is 2. The van der Waals surface area contributed by atoms with Crippen molar-refractivity contribution >= 4 is 22.7 Å². The second-order valence-electron chi connectivity index (χ2n) is 7.80. The van der Waals surface area contributed by atoms with E-state index in [2.05, 4.69) is 0 Å². The molecule has 0 unspecified atom stereocenters. The molecule has 0 saturated heterocycles. The van der Waals surface area contributed by atoms with Crippen molar-refractivity contribution in [1.29, 1.82) is 0 Å². The molecular formula is C32H28O2Pd. The molecular weight excluding hydrogens is 523 g/mol. The molecule has 0 amide bonds. The molecule has 0 radical (unpaired) electrons. The van der Waals surface area contributed by atoms with Gasteiger partial charge in [-0.3, -0.25) is 9.59 Å². The van der Waals surface area contributed by atoms with E-state index in [0.717, 1.165) is 33.4 Å². The smallest absolute Gasteiger partial charge is 0.153 e. The minimum absolute atomic E-state index is 0. The second-order valence-corrected chi connectivity index (χ2v) is 7.80. The fourth-order valence-corrected chi connectivity index (χ4v) is 3.54. The van der Waals surface area contributed by atoms with Crippen molar-refractivity contribution in [3.8, 4) is 0 Å². The summed E-state index contributed by atoms with van der Waals surface area (Å²) in [6, 6.07) is 39.8. The summed E-state index contributed by atoms with van der Waals surface area (Å²) >= 11 is 0. The summed E-state index contributed by atoms with van der Waals surface area (Å²) in [7, 11) is 0. The number of benzene rings is 4. The van der Waals surface area contributed by atoms with Crippen molar-refractivity contribution in [2.75, 3.05) is 0 Å². The van der Waals surface area contributed by atoms with Crippen molar-refractivity contribution in [3.05, 3.63) is 156 Å². The first-order valence-electron chi connectivity index (χ1n) is 11.2. The molecule has 0 N–H and O–H groups in total. The summed E-state index contributed by atoms with van der Waals surface area (Å²) in [5.41, 5.74) is 6.20. The Morgan fingerprint density at radius 2 is 0.629 bits per heavy atom. The van der Waals surface area contributed by atoms with Crippen LogP contribution >= 0.6 is 0 Å². The molecule has 0 aromatic heterocycles. The third-order valence-corrected chi connectivity index (χ3v) is 5.03. The Balaban J connectivity index is 0.000000240. The molecule has 0 saturated carbocycles. The van der Waals surface area contributed by atoms with Gasteiger partial charge in [-0.2, -0.15) is 0 Å². The van der Waals surface area contributed by atoms with Gasteiger partial charge < -0.3 is 0 Å². The quantitative estimate of drug-likeness (QED) is 0.185. The van der Waals surface area contributed by atoms with Crippen LogP contribution in [0.2, 0.25) is 0 Å². The van der Waals surface area contributed by atoms with Crippen molar-refractivity contribution < 1.29 is 30.0 Å². The largest absolute Gasteiger partial charge is 0.295 e. The SMILES string of the molecule is CC(=O)C=C(c1ccccc1)c1ccccc1.CC(=O)C=C(c1ccccc1)c1ccccc1.[Pd]. The average Bonchev–Trinajstić information content (AvgIpc) is 2.88. The number of carbonyl (C=O) groups is 2. The van der Waals surface area contributed by atoms with Crippen LogP contribution in [-0.2, 0) is 30.0 Å². The summed E-state index contributed by atoms with van der Waals surface area (Å²) < 4.78 is 0. The molecule has 0 atom stereocenters. The number of allylic oxidation sites excluding steroid dienone is 2. The summed E-state index contributed by atoms with van der Waals surface area (Å²) in [4.78, 5) is 22.6. The third kappa shape index (κ3) is 8.91. The minimum Gasteiger partial charge on any atom is -0.295 e. The maximum Gasteiger partial charge on any atom is 0.153 e. The predicted molar refractivity (Wildman–Crippen MR) is 141 cm³/mol. The predicted octanol–water partition coefficient (Wildman–Crippen LogP) is 7.41. The monoisotopic (exact) mass is 550 g/mol. The van der Waals surface area contributed by atoms with Gasteiger partial charge in [-0.1, -0.05) is 121 Å². The van der Waals surface area contributed by atoms with Gasteiger partial charge in [-0.05, 0) is 59.4 Å². The summed E-state index contributed by atoms with van der Waals surface area (Å²) in [6.45, 7) is 3.15.